The Morgan fingerprint density at radius 3 is 2.53 bits per heavy atom. The fourth-order valence-electron chi connectivity index (χ4n) is 3.50. The summed E-state index contributed by atoms with van der Waals surface area (Å²) in [5.41, 5.74) is 2.09. The molecular formula is C26H31F2N3O3. The van der Waals surface area contributed by atoms with Crippen LogP contribution in [0.25, 0.3) is 5.69 Å². The number of aromatic nitrogens is 2. The Bertz CT molecular complexity index is 1080. The van der Waals surface area contributed by atoms with Crippen LogP contribution in [0.15, 0.2) is 61.2 Å². The average molecular weight is 472 g/mol. The highest BCUT2D eigenvalue weighted by Gasteiger charge is 2.24. The molecule has 0 fully saturated rings. The van der Waals surface area contributed by atoms with Gasteiger partial charge in [-0.2, -0.15) is 5.10 Å². The number of ether oxygens (including phenoxy) is 2. The summed E-state index contributed by atoms with van der Waals surface area (Å²) in [4.78, 5) is 2.08. The summed E-state index contributed by atoms with van der Waals surface area (Å²) in [6.45, 7) is 10.9. The van der Waals surface area contributed by atoms with Crippen LogP contribution in [-0.2, 0) is 11.3 Å². The van der Waals surface area contributed by atoms with Gasteiger partial charge in [-0.3, -0.25) is 4.90 Å². The van der Waals surface area contributed by atoms with Crippen LogP contribution >= 0.6 is 0 Å². The fraction of sp³-hybridized carbons (Fsp3) is 0.346. The largest absolute Gasteiger partial charge is 0.438 e. The molecule has 0 amide bonds. The highest BCUT2D eigenvalue weighted by Crippen LogP contribution is 2.32. The van der Waals surface area contributed by atoms with Gasteiger partial charge in [0.25, 0.3) is 0 Å². The number of aliphatic hydroxyl groups excluding tert-OH is 1. The van der Waals surface area contributed by atoms with Crippen molar-refractivity contribution >= 4 is 0 Å². The molecule has 1 atom stereocenters. The molecule has 8 heteroatoms. The monoisotopic (exact) mass is 471 g/mol. The molecule has 0 spiro atoms. The molecule has 0 saturated heterocycles. The van der Waals surface area contributed by atoms with E-state index in [0.29, 0.717) is 42.7 Å². The van der Waals surface area contributed by atoms with Crippen molar-refractivity contribution in [1.29, 1.82) is 0 Å². The van der Waals surface area contributed by atoms with Crippen molar-refractivity contribution in [3.05, 3.63) is 84.1 Å². The van der Waals surface area contributed by atoms with E-state index in [0.717, 1.165) is 5.56 Å². The van der Waals surface area contributed by atoms with E-state index < -0.39 is 11.9 Å². The molecule has 0 aliphatic rings. The Morgan fingerprint density at radius 2 is 1.88 bits per heavy atom. The predicted molar refractivity (Wildman–Crippen MR) is 127 cm³/mol. The lowest BCUT2D eigenvalue weighted by molar-refractivity contribution is 0.0177. The number of aliphatic hydroxyl groups is 1. The minimum Gasteiger partial charge on any atom is -0.438 e. The molecule has 1 N–H and O–H groups in total. The van der Waals surface area contributed by atoms with E-state index in [-0.39, 0.29) is 18.5 Å². The van der Waals surface area contributed by atoms with Gasteiger partial charge in [-0.1, -0.05) is 12.1 Å². The van der Waals surface area contributed by atoms with Crippen LogP contribution in [0.1, 0.15) is 25.1 Å². The van der Waals surface area contributed by atoms with Gasteiger partial charge in [0.05, 0.1) is 36.3 Å². The number of aryl methyl sites for hydroxylation is 1. The van der Waals surface area contributed by atoms with Crippen LogP contribution in [-0.4, -0.2) is 51.7 Å². The third kappa shape index (κ3) is 6.72. The molecule has 182 valence electrons. The van der Waals surface area contributed by atoms with Gasteiger partial charge < -0.3 is 14.6 Å². The van der Waals surface area contributed by atoms with Gasteiger partial charge in [0.2, 0.25) is 5.88 Å². The first-order valence-corrected chi connectivity index (χ1v) is 11.2. The summed E-state index contributed by atoms with van der Waals surface area (Å²) in [6, 6.07) is 11.9. The standard InChI is InChI=1S/C26H31F2N3O3/c1-5-13-33-17-23(32)15-30(18(2)3)16-25-19(4)29-31(22-11-9-20(27)10-12-22)26(25)34-24-8-6-7-21(28)14-24/h5-12,14,18,23,32H,1,13,15-17H2,2-4H3/t23-/m0/s1. The number of rotatable bonds is 12. The van der Waals surface area contributed by atoms with Gasteiger partial charge in [-0.25, -0.2) is 13.5 Å². The van der Waals surface area contributed by atoms with Crippen molar-refractivity contribution in [1.82, 2.24) is 14.7 Å². The second-order valence-electron chi connectivity index (χ2n) is 8.32. The van der Waals surface area contributed by atoms with E-state index in [1.54, 1.807) is 35.0 Å². The molecule has 0 bridgehead atoms. The summed E-state index contributed by atoms with van der Waals surface area (Å²) >= 11 is 0. The van der Waals surface area contributed by atoms with Gasteiger partial charge in [0.1, 0.15) is 17.4 Å². The van der Waals surface area contributed by atoms with Crippen LogP contribution in [0.5, 0.6) is 11.6 Å². The molecule has 3 rings (SSSR count). The first-order chi connectivity index (χ1) is 16.3. The number of benzene rings is 2. The lowest BCUT2D eigenvalue weighted by atomic mass is 10.2. The predicted octanol–water partition coefficient (Wildman–Crippen LogP) is 5.03. The van der Waals surface area contributed by atoms with Crippen LogP contribution < -0.4 is 4.74 Å². The molecule has 2 aromatic carbocycles. The minimum absolute atomic E-state index is 0.102. The third-order valence-corrected chi connectivity index (χ3v) is 5.30. The van der Waals surface area contributed by atoms with Crippen molar-refractivity contribution < 1.29 is 23.4 Å². The first-order valence-electron chi connectivity index (χ1n) is 11.2. The Labute approximate surface area is 199 Å². The van der Waals surface area contributed by atoms with E-state index in [2.05, 4.69) is 16.6 Å². The number of hydrogen-bond acceptors (Lipinski definition) is 5. The Balaban J connectivity index is 1.95. The third-order valence-electron chi connectivity index (χ3n) is 5.30. The van der Waals surface area contributed by atoms with Crippen LogP contribution in [0.4, 0.5) is 8.78 Å². The van der Waals surface area contributed by atoms with Crippen molar-refractivity contribution in [2.24, 2.45) is 0 Å². The Hall–Kier alpha value is -3.07. The van der Waals surface area contributed by atoms with Crippen LogP contribution in [0.2, 0.25) is 0 Å². The highest BCUT2D eigenvalue weighted by atomic mass is 19.1. The lowest BCUT2D eigenvalue weighted by Gasteiger charge is -2.29. The van der Waals surface area contributed by atoms with Crippen LogP contribution in [0, 0.1) is 18.6 Å². The summed E-state index contributed by atoms with van der Waals surface area (Å²) in [5, 5.41) is 15.1. The second kappa shape index (κ2) is 11.9. The quantitative estimate of drug-likeness (QED) is 0.297. The van der Waals surface area contributed by atoms with E-state index in [1.807, 2.05) is 20.8 Å². The Kier molecular flexibility index (Phi) is 8.92. The molecule has 1 heterocycles. The van der Waals surface area contributed by atoms with Gasteiger partial charge >= 0.3 is 0 Å². The summed E-state index contributed by atoms with van der Waals surface area (Å²) in [7, 11) is 0. The molecule has 0 aliphatic carbocycles. The zero-order chi connectivity index (χ0) is 24.7. The van der Waals surface area contributed by atoms with Gasteiger partial charge in [-0.05, 0) is 57.2 Å². The fourth-order valence-corrected chi connectivity index (χ4v) is 3.50. The minimum atomic E-state index is -0.692. The van der Waals surface area contributed by atoms with E-state index in [4.69, 9.17) is 9.47 Å². The first kappa shape index (κ1) is 25.6. The normalized spacial score (nSPS) is 12.4. The molecule has 0 saturated carbocycles. The molecular weight excluding hydrogens is 440 g/mol. The van der Waals surface area contributed by atoms with Crippen molar-refractivity contribution in [2.45, 2.75) is 39.5 Å². The summed E-state index contributed by atoms with van der Waals surface area (Å²) in [5.74, 6) is -0.0645. The maximum atomic E-state index is 13.8. The van der Waals surface area contributed by atoms with Crippen molar-refractivity contribution in [3.63, 3.8) is 0 Å². The molecule has 0 radical (unpaired) electrons. The highest BCUT2D eigenvalue weighted by molar-refractivity contribution is 5.43. The molecule has 0 aliphatic heterocycles. The smallest absolute Gasteiger partial charge is 0.227 e. The maximum Gasteiger partial charge on any atom is 0.227 e. The molecule has 3 aromatic rings. The average Bonchev–Trinajstić information content (AvgIpc) is 3.09. The zero-order valence-corrected chi connectivity index (χ0v) is 19.7. The summed E-state index contributed by atoms with van der Waals surface area (Å²) < 4.78 is 40.5. The van der Waals surface area contributed by atoms with E-state index in [1.165, 1.54) is 24.3 Å². The topological polar surface area (TPSA) is 59.8 Å². The molecule has 1 aromatic heterocycles. The van der Waals surface area contributed by atoms with Gasteiger partial charge in [0, 0.05) is 25.2 Å². The summed E-state index contributed by atoms with van der Waals surface area (Å²) in [6.07, 6.45) is 0.943. The molecule has 6 nitrogen and oxygen atoms in total. The van der Waals surface area contributed by atoms with Crippen molar-refractivity contribution in [2.75, 3.05) is 19.8 Å². The lowest BCUT2D eigenvalue weighted by Crippen LogP contribution is -2.39. The molecule has 0 unspecified atom stereocenters. The SMILES string of the molecule is C=CCOC[C@@H](O)CN(Cc1c(C)nn(-c2ccc(F)cc2)c1Oc1cccc(F)c1)C(C)C. The van der Waals surface area contributed by atoms with Crippen molar-refractivity contribution in [3.8, 4) is 17.3 Å². The second-order valence-corrected chi connectivity index (χ2v) is 8.32. The van der Waals surface area contributed by atoms with E-state index in [9.17, 15) is 13.9 Å². The van der Waals surface area contributed by atoms with E-state index >= 15 is 0 Å². The maximum absolute atomic E-state index is 13.8. The van der Waals surface area contributed by atoms with Crippen LogP contribution in [0.3, 0.4) is 0 Å². The van der Waals surface area contributed by atoms with Gasteiger partial charge in [-0.15, -0.1) is 6.58 Å². The number of halogens is 2. The molecule has 34 heavy (non-hydrogen) atoms. The number of hydrogen-bond donors (Lipinski definition) is 1. The Morgan fingerprint density at radius 1 is 1.15 bits per heavy atom. The van der Waals surface area contributed by atoms with Gasteiger partial charge in [0.15, 0.2) is 0 Å². The zero-order valence-electron chi connectivity index (χ0n) is 19.7. The number of nitrogens with zero attached hydrogens (tertiary/aromatic N) is 3.